The van der Waals surface area contributed by atoms with Crippen molar-refractivity contribution in [2.24, 2.45) is 0 Å². The van der Waals surface area contributed by atoms with Gasteiger partial charge in [0.15, 0.2) is 0 Å². The number of aromatic nitrogens is 3. The van der Waals surface area contributed by atoms with Crippen LogP contribution in [0.15, 0.2) is 60.9 Å². The predicted molar refractivity (Wildman–Crippen MR) is 121 cm³/mol. The molecule has 2 aromatic carbocycles. The molecule has 2 heterocycles. The number of aliphatic carboxylic acids is 1. The standard InChI is InChI=1S/C25H23FN4O2/c1-29(25-27-13-17(14-28-25)16-5-3-2-4-6-16)19-8-10-23-21(12-19)20-11-18(26)7-9-22(20)30(23)15-24(31)32/h2-7,9,11,13-14,19H,8,10,12,15H2,1H3,(H,31,32)/t19-/m0/s1. The Morgan fingerprint density at radius 1 is 1.16 bits per heavy atom. The molecule has 0 radical (unpaired) electrons. The molecule has 0 unspecified atom stereocenters. The van der Waals surface area contributed by atoms with Crippen LogP contribution >= 0.6 is 0 Å². The lowest BCUT2D eigenvalue weighted by atomic mass is 9.90. The van der Waals surface area contributed by atoms with E-state index >= 15 is 0 Å². The number of carboxylic acids is 1. The van der Waals surface area contributed by atoms with Gasteiger partial charge in [-0.25, -0.2) is 14.4 Å². The Balaban J connectivity index is 1.44. The fraction of sp³-hybridized carbons (Fsp3) is 0.240. The zero-order chi connectivity index (χ0) is 22.2. The third-order valence-electron chi connectivity index (χ3n) is 6.30. The maximum absolute atomic E-state index is 14.0. The van der Waals surface area contributed by atoms with E-state index in [0.29, 0.717) is 12.4 Å². The highest BCUT2D eigenvalue weighted by atomic mass is 19.1. The van der Waals surface area contributed by atoms with Crippen LogP contribution in [-0.2, 0) is 24.2 Å². The van der Waals surface area contributed by atoms with E-state index in [0.717, 1.165) is 46.1 Å². The van der Waals surface area contributed by atoms with Gasteiger partial charge < -0.3 is 14.6 Å². The molecule has 162 valence electrons. The molecule has 1 aliphatic carbocycles. The third-order valence-corrected chi connectivity index (χ3v) is 6.30. The van der Waals surface area contributed by atoms with Crippen LogP contribution in [0.1, 0.15) is 17.7 Å². The molecule has 0 saturated heterocycles. The molecular weight excluding hydrogens is 407 g/mol. The van der Waals surface area contributed by atoms with Crippen molar-refractivity contribution in [3.05, 3.63) is 78.0 Å². The molecule has 1 N–H and O–H groups in total. The Bertz CT molecular complexity index is 1290. The zero-order valence-corrected chi connectivity index (χ0v) is 17.7. The maximum atomic E-state index is 14.0. The van der Waals surface area contributed by atoms with Crippen molar-refractivity contribution >= 4 is 22.8 Å². The first-order valence-electron chi connectivity index (χ1n) is 10.6. The van der Waals surface area contributed by atoms with E-state index in [1.54, 1.807) is 6.07 Å². The highest BCUT2D eigenvalue weighted by Crippen LogP contribution is 2.34. The van der Waals surface area contributed by atoms with Crippen LogP contribution in [0, 0.1) is 5.82 Å². The molecule has 1 aliphatic rings. The van der Waals surface area contributed by atoms with Gasteiger partial charge in [-0.3, -0.25) is 4.79 Å². The first kappa shape index (κ1) is 20.2. The molecule has 1 atom stereocenters. The van der Waals surface area contributed by atoms with Crippen molar-refractivity contribution in [1.82, 2.24) is 14.5 Å². The molecule has 7 heteroatoms. The van der Waals surface area contributed by atoms with Crippen molar-refractivity contribution in [3.63, 3.8) is 0 Å². The Hall–Kier alpha value is -3.74. The van der Waals surface area contributed by atoms with Gasteiger partial charge >= 0.3 is 5.97 Å². The van der Waals surface area contributed by atoms with E-state index in [9.17, 15) is 14.3 Å². The van der Waals surface area contributed by atoms with Crippen molar-refractivity contribution in [2.75, 3.05) is 11.9 Å². The van der Waals surface area contributed by atoms with Crippen molar-refractivity contribution in [1.29, 1.82) is 0 Å². The molecule has 4 aromatic rings. The van der Waals surface area contributed by atoms with Gasteiger partial charge in [0.25, 0.3) is 0 Å². The number of hydrogen-bond donors (Lipinski definition) is 1. The largest absolute Gasteiger partial charge is 0.480 e. The second-order valence-corrected chi connectivity index (χ2v) is 8.21. The summed E-state index contributed by atoms with van der Waals surface area (Å²) >= 11 is 0. The molecule has 2 aromatic heterocycles. The number of carboxylic acid groups (broad SMARTS) is 1. The third kappa shape index (κ3) is 3.60. The molecule has 0 aliphatic heterocycles. The van der Waals surface area contributed by atoms with E-state index in [2.05, 4.69) is 14.9 Å². The fourth-order valence-electron chi connectivity index (χ4n) is 4.70. The van der Waals surface area contributed by atoms with Gasteiger partial charge in [0, 0.05) is 47.6 Å². The van der Waals surface area contributed by atoms with Crippen LogP contribution in [0.4, 0.5) is 10.3 Å². The quantitative estimate of drug-likeness (QED) is 0.511. The number of carbonyl (C=O) groups is 1. The SMILES string of the molecule is CN(c1ncc(-c2ccccc2)cn1)[C@H]1CCc2c(c3cc(F)ccc3n2CC(=O)O)C1. The smallest absolute Gasteiger partial charge is 0.323 e. The second kappa shape index (κ2) is 8.07. The lowest BCUT2D eigenvalue weighted by Crippen LogP contribution is -2.37. The van der Waals surface area contributed by atoms with Gasteiger partial charge in [0.2, 0.25) is 5.95 Å². The van der Waals surface area contributed by atoms with Crippen LogP contribution in [0.25, 0.3) is 22.0 Å². The van der Waals surface area contributed by atoms with Crippen LogP contribution in [-0.4, -0.2) is 38.7 Å². The lowest BCUT2D eigenvalue weighted by Gasteiger charge is -2.32. The molecule has 0 amide bonds. The first-order chi connectivity index (χ1) is 15.5. The van der Waals surface area contributed by atoms with Crippen LogP contribution in [0.2, 0.25) is 0 Å². The van der Waals surface area contributed by atoms with E-state index < -0.39 is 5.97 Å². The van der Waals surface area contributed by atoms with Crippen LogP contribution < -0.4 is 4.90 Å². The lowest BCUT2D eigenvalue weighted by molar-refractivity contribution is -0.137. The fourth-order valence-corrected chi connectivity index (χ4v) is 4.70. The molecule has 32 heavy (non-hydrogen) atoms. The maximum Gasteiger partial charge on any atom is 0.323 e. The average Bonchev–Trinajstić information content (AvgIpc) is 3.11. The van der Waals surface area contributed by atoms with E-state index in [1.165, 1.54) is 12.1 Å². The Kier molecular flexibility index (Phi) is 5.09. The molecule has 5 rings (SSSR count). The van der Waals surface area contributed by atoms with E-state index in [1.807, 2.05) is 54.3 Å². The monoisotopic (exact) mass is 430 g/mol. The number of fused-ring (bicyclic) bond motifs is 3. The number of benzene rings is 2. The van der Waals surface area contributed by atoms with Crippen molar-refractivity contribution < 1.29 is 14.3 Å². The molecule has 0 bridgehead atoms. The highest BCUT2D eigenvalue weighted by molar-refractivity contribution is 5.87. The second-order valence-electron chi connectivity index (χ2n) is 8.21. The number of hydrogen-bond acceptors (Lipinski definition) is 4. The Morgan fingerprint density at radius 3 is 2.62 bits per heavy atom. The Morgan fingerprint density at radius 2 is 1.91 bits per heavy atom. The van der Waals surface area contributed by atoms with Gasteiger partial charge in [-0.1, -0.05) is 30.3 Å². The average molecular weight is 430 g/mol. The summed E-state index contributed by atoms with van der Waals surface area (Å²) in [5.41, 5.74) is 4.80. The summed E-state index contributed by atoms with van der Waals surface area (Å²) in [6.07, 6.45) is 5.90. The molecule has 0 saturated carbocycles. The summed E-state index contributed by atoms with van der Waals surface area (Å²) < 4.78 is 15.8. The Labute approximate surface area is 185 Å². The van der Waals surface area contributed by atoms with Gasteiger partial charge in [0.05, 0.1) is 0 Å². The zero-order valence-electron chi connectivity index (χ0n) is 17.7. The topological polar surface area (TPSA) is 71.2 Å². The summed E-state index contributed by atoms with van der Waals surface area (Å²) in [4.78, 5) is 22.7. The predicted octanol–water partition coefficient (Wildman–Crippen LogP) is 4.32. The van der Waals surface area contributed by atoms with E-state index in [4.69, 9.17) is 0 Å². The normalized spacial score (nSPS) is 15.5. The van der Waals surface area contributed by atoms with Crippen molar-refractivity contribution in [3.8, 4) is 11.1 Å². The minimum atomic E-state index is -0.903. The number of nitrogens with zero attached hydrogens (tertiary/aromatic N) is 4. The molecule has 6 nitrogen and oxygen atoms in total. The summed E-state index contributed by atoms with van der Waals surface area (Å²) in [5, 5.41) is 10.2. The summed E-state index contributed by atoms with van der Waals surface area (Å²) in [6, 6.07) is 14.7. The summed E-state index contributed by atoms with van der Waals surface area (Å²) in [6.45, 7) is -0.123. The minimum Gasteiger partial charge on any atom is -0.480 e. The molecule has 0 fully saturated rings. The number of likely N-dealkylation sites (N-methyl/N-ethyl adjacent to an activating group) is 1. The van der Waals surface area contributed by atoms with Gasteiger partial charge in [-0.15, -0.1) is 0 Å². The summed E-state index contributed by atoms with van der Waals surface area (Å²) in [7, 11) is 1.98. The first-order valence-corrected chi connectivity index (χ1v) is 10.6. The van der Waals surface area contributed by atoms with Gasteiger partial charge in [-0.05, 0) is 48.6 Å². The van der Waals surface area contributed by atoms with E-state index in [-0.39, 0.29) is 18.4 Å². The van der Waals surface area contributed by atoms with Gasteiger partial charge in [-0.2, -0.15) is 0 Å². The molecular formula is C25H23FN4O2. The van der Waals surface area contributed by atoms with Crippen molar-refractivity contribution in [2.45, 2.75) is 31.8 Å². The number of halogens is 1. The highest BCUT2D eigenvalue weighted by Gasteiger charge is 2.29. The van der Waals surface area contributed by atoms with Crippen LogP contribution in [0.3, 0.4) is 0 Å². The minimum absolute atomic E-state index is 0.123. The number of rotatable bonds is 5. The van der Waals surface area contributed by atoms with Gasteiger partial charge in [0.1, 0.15) is 12.4 Å². The number of anilines is 1. The summed E-state index contributed by atoms with van der Waals surface area (Å²) in [5.74, 6) is -0.582. The molecule has 0 spiro atoms. The van der Waals surface area contributed by atoms with Crippen LogP contribution in [0.5, 0.6) is 0 Å².